The Morgan fingerprint density at radius 2 is 1.70 bits per heavy atom. The molecule has 0 radical (unpaired) electrons. The molecule has 0 unspecified atom stereocenters. The van der Waals surface area contributed by atoms with Gasteiger partial charge in [0.05, 0.1) is 28.8 Å². The summed E-state index contributed by atoms with van der Waals surface area (Å²) < 4.78 is 79.6. The first-order valence-electron chi connectivity index (χ1n) is 14.1. The summed E-state index contributed by atoms with van der Waals surface area (Å²) >= 11 is 1.56. The van der Waals surface area contributed by atoms with Gasteiger partial charge in [-0.15, -0.1) is 0 Å². The fourth-order valence-corrected chi connectivity index (χ4v) is 7.64. The minimum absolute atomic E-state index is 0.196. The van der Waals surface area contributed by atoms with E-state index in [1.54, 1.807) is 17.6 Å². The molecule has 44 heavy (non-hydrogen) atoms. The molecule has 0 fully saturated rings. The molecule has 3 heterocycles. The van der Waals surface area contributed by atoms with E-state index in [0.717, 1.165) is 48.2 Å². The molecule has 5 aromatic rings. The maximum absolute atomic E-state index is 11.5. The largest absolute Gasteiger partial charge is 0.464 e. The van der Waals surface area contributed by atoms with Crippen molar-refractivity contribution in [2.75, 3.05) is 23.0 Å². The van der Waals surface area contributed by atoms with Gasteiger partial charge >= 0.3 is 0 Å². The zero-order valence-corrected chi connectivity index (χ0v) is 26.3. The number of rotatable bonds is 11. The summed E-state index contributed by atoms with van der Waals surface area (Å²) in [7, 11) is -8.23. The van der Waals surface area contributed by atoms with Gasteiger partial charge in [-0.1, -0.05) is 42.5 Å². The molecule has 2 N–H and O–H groups in total. The third-order valence-corrected chi connectivity index (χ3v) is 10.2. The lowest BCUT2D eigenvalue weighted by molar-refractivity contribution is -0.667. The van der Waals surface area contributed by atoms with Crippen molar-refractivity contribution in [3.8, 4) is 5.75 Å². The highest BCUT2D eigenvalue weighted by Gasteiger charge is 2.28. The van der Waals surface area contributed by atoms with Gasteiger partial charge in [-0.25, -0.2) is 0 Å². The van der Waals surface area contributed by atoms with Crippen LogP contribution in [-0.4, -0.2) is 44.0 Å². The Hall–Kier alpha value is -3.75. The zero-order valence-electron chi connectivity index (χ0n) is 23.8. The smallest absolute Gasteiger partial charge is 0.265 e. The molecule has 0 bridgehead atoms. The van der Waals surface area contributed by atoms with Crippen LogP contribution in [0.1, 0.15) is 31.2 Å². The number of nitrogens with zero attached hydrogens (tertiary/aromatic N) is 2. The van der Waals surface area contributed by atoms with Crippen molar-refractivity contribution in [3.05, 3.63) is 83.4 Å². The maximum atomic E-state index is 11.5. The van der Waals surface area contributed by atoms with Gasteiger partial charge in [0.2, 0.25) is 11.4 Å². The van der Waals surface area contributed by atoms with E-state index in [1.807, 2.05) is 78.6 Å². The zero-order chi connectivity index (χ0) is 31.1. The second kappa shape index (κ2) is 12.0. The number of ether oxygens (including phenoxy) is 1. The number of aromatic nitrogens is 1. The van der Waals surface area contributed by atoms with E-state index in [4.69, 9.17) is 9.15 Å². The second-order valence-electron chi connectivity index (χ2n) is 10.6. The number of allylic oxidation sites excluding steroid dienone is 2. The number of anilines is 1. The van der Waals surface area contributed by atoms with Crippen molar-refractivity contribution >= 4 is 75.3 Å². The third-order valence-electron chi connectivity index (χ3n) is 7.51. The Balaban J connectivity index is 1.41. The highest BCUT2D eigenvalue weighted by Crippen LogP contribution is 2.42. The molecule has 230 valence electrons. The lowest BCUT2D eigenvalue weighted by atomic mass is 10.1. The topological polar surface area (TPSA) is 138 Å². The average Bonchev–Trinajstić information content (AvgIpc) is 3.66. The Morgan fingerprint density at radius 3 is 2.43 bits per heavy atom. The second-order valence-corrected chi connectivity index (χ2v) is 14.8. The molecule has 0 atom stereocenters. The number of hydrogen-bond donors (Lipinski definition) is 2. The lowest BCUT2D eigenvalue weighted by Gasteiger charge is -2.18. The Kier molecular flexibility index (Phi) is 8.24. The molecule has 2 aromatic heterocycles. The van der Waals surface area contributed by atoms with Crippen LogP contribution in [0.5, 0.6) is 5.75 Å². The molecule has 0 spiro atoms. The standard InChI is InChI=1S/C31H30N2O8S3/c1-2-21(18-30-33(13-6-16-44(37,38)39)31-24-11-14-40-26(24)9-10-28(31)42-30)17-29-32(12-5-15-43(34,35)36)25-19-22-7-3-4-8-23(22)20-27(25)41-29/h3-4,7-11,14,17-20H,2,5-6,12-13,15-16H2,1H3,(H-,34,35,36,37,38,39)/p+1. The van der Waals surface area contributed by atoms with Crippen LogP contribution >= 0.6 is 11.3 Å². The molecule has 6 rings (SSSR count). The summed E-state index contributed by atoms with van der Waals surface area (Å²) in [6.07, 6.45) is 6.65. The van der Waals surface area contributed by atoms with Gasteiger partial charge in [-0.3, -0.25) is 9.11 Å². The van der Waals surface area contributed by atoms with Gasteiger partial charge in [0.25, 0.3) is 25.2 Å². The van der Waals surface area contributed by atoms with Crippen LogP contribution < -0.4 is 14.2 Å². The molecule has 13 heteroatoms. The van der Waals surface area contributed by atoms with Crippen molar-refractivity contribution in [2.45, 2.75) is 32.7 Å². The minimum atomic E-state index is -4.12. The fourth-order valence-electron chi connectivity index (χ4n) is 5.47. The van der Waals surface area contributed by atoms with Crippen LogP contribution in [0.3, 0.4) is 0 Å². The van der Waals surface area contributed by atoms with E-state index < -0.39 is 20.2 Å². The van der Waals surface area contributed by atoms with Crippen LogP contribution in [0, 0.1) is 0 Å². The van der Waals surface area contributed by atoms with Crippen LogP contribution in [0.15, 0.2) is 82.8 Å². The predicted octanol–water partition coefficient (Wildman–Crippen LogP) is 6.18. The molecule has 0 aliphatic carbocycles. The first-order valence-corrected chi connectivity index (χ1v) is 18.2. The number of furan rings is 1. The molecule has 0 amide bonds. The van der Waals surface area contributed by atoms with Crippen LogP contribution in [0.25, 0.3) is 38.0 Å². The molecule has 3 aromatic carbocycles. The van der Waals surface area contributed by atoms with E-state index in [2.05, 4.69) is 4.57 Å². The first kappa shape index (κ1) is 30.3. The first-order chi connectivity index (χ1) is 21.0. The molecule has 1 aliphatic heterocycles. The summed E-state index contributed by atoms with van der Waals surface area (Å²) in [5.41, 5.74) is 3.38. The molecule has 0 saturated carbocycles. The van der Waals surface area contributed by atoms with E-state index in [9.17, 15) is 25.9 Å². The molecular formula is C31H31N2O8S3+. The van der Waals surface area contributed by atoms with Crippen LogP contribution in [-0.2, 0) is 26.8 Å². The summed E-state index contributed by atoms with van der Waals surface area (Å²) in [5.74, 6) is 0.465. The van der Waals surface area contributed by atoms with Crippen molar-refractivity contribution < 1.29 is 39.7 Å². The Bertz CT molecular complexity index is 2160. The van der Waals surface area contributed by atoms with Crippen LogP contribution in [0.2, 0.25) is 0 Å². The molecule has 10 nitrogen and oxygen atoms in total. The van der Waals surface area contributed by atoms with E-state index in [1.165, 1.54) is 0 Å². The molecular weight excluding hydrogens is 625 g/mol. The summed E-state index contributed by atoms with van der Waals surface area (Å²) in [6.45, 7) is 2.69. The van der Waals surface area contributed by atoms with Gasteiger partial charge in [-0.2, -0.15) is 21.4 Å². The summed E-state index contributed by atoms with van der Waals surface area (Å²) in [5, 5.41) is 3.83. The number of fused-ring (bicyclic) bond motifs is 5. The maximum Gasteiger partial charge on any atom is 0.265 e. The van der Waals surface area contributed by atoms with Crippen molar-refractivity contribution in [2.24, 2.45) is 0 Å². The summed E-state index contributed by atoms with van der Waals surface area (Å²) in [4.78, 5) is 1.93. The fraction of sp³-hybridized carbons (Fsp3) is 0.258. The van der Waals surface area contributed by atoms with Crippen molar-refractivity contribution in [1.29, 1.82) is 0 Å². The average molecular weight is 656 g/mol. The molecule has 0 saturated heterocycles. The summed E-state index contributed by atoms with van der Waals surface area (Å²) in [6, 6.07) is 17.7. The minimum Gasteiger partial charge on any atom is -0.464 e. The lowest BCUT2D eigenvalue weighted by Crippen LogP contribution is -2.36. The van der Waals surface area contributed by atoms with E-state index in [0.29, 0.717) is 31.1 Å². The van der Waals surface area contributed by atoms with Gasteiger partial charge in [0.1, 0.15) is 10.3 Å². The number of aryl methyl sites for hydroxylation is 1. The van der Waals surface area contributed by atoms with Gasteiger partial charge in [0, 0.05) is 25.1 Å². The predicted molar refractivity (Wildman–Crippen MR) is 172 cm³/mol. The van der Waals surface area contributed by atoms with Gasteiger partial charge in [0.15, 0.2) is 12.3 Å². The van der Waals surface area contributed by atoms with Gasteiger partial charge in [-0.05, 0) is 59.5 Å². The number of benzene rings is 3. The molecule has 1 aliphatic rings. The van der Waals surface area contributed by atoms with Crippen LogP contribution in [0.4, 0.5) is 5.69 Å². The van der Waals surface area contributed by atoms with Crippen molar-refractivity contribution in [1.82, 2.24) is 0 Å². The van der Waals surface area contributed by atoms with Crippen molar-refractivity contribution in [3.63, 3.8) is 0 Å². The highest BCUT2D eigenvalue weighted by atomic mass is 32.2. The quantitative estimate of drug-likeness (QED) is 0.126. The monoisotopic (exact) mass is 655 g/mol. The third kappa shape index (κ3) is 6.52. The number of thiazole rings is 1. The SMILES string of the molecule is CCC(/C=C1\Oc2cc3ccccc3cc2N1CCCS(=O)(=O)O)=C\c1sc2ccc3occc3c2[n+]1CCCS(=O)(=O)O. The Morgan fingerprint density at radius 1 is 0.977 bits per heavy atom. The van der Waals surface area contributed by atoms with E-state index >= 15 is 0 Å². The number of hydrogen-bond acceptors (Lipinski definition) is 8. The normalized spacial score (nSPS) is 15.1. The Labute approximate surface area is 259 Å². The van der Waals surface area contributed by atoms with E-state index in [-0.39, 0.29) is 24.3 Å². The van der Waals surface area contributed by atoms with Gasteiger partial charge < -0.3 is 14.1 Å². The highest BCUT2D eigenvalue weighted by molar-refractivity contribution is 7.86.